The number of hydrogen-bond acceptors (Lipinski definition) is 2. The van der Waals surface area contributed by atoms with Crippen LogP contribution in [0.5, 0.6) is 0 Å². The van der Waals surface area contributed by atoms with Gasteiger partial charge in [0.05, 0.1) is 10.0 Å². The van der Waals surface area contributed by atoms with Crippen LogP contribution in [-0.2, 0) is 0 Å². The summed E-state index contributed by atoms with van der Waals surface area (Å²) in [5.74, 6) is -0.412. The quantitative estimate of drug-likeness (QED) is 0.660. The van der Waals surface area contributed by atoms with E-state index in [0.29, 0.717) is 28.6 Å². The second-order valence-corrected chi connectivity index (χ2v) is 8.11. The zero-order valence-corrected chi connectivity index (χ0v) is 17.3. The molecule has 8 heteroatoms. The fourth-order valence-electron chi connectivity index (χ4n) is 3.23. The second-order valence-electron chi connectivity index (χ2n) is 6.38. The molecule has 3 rings (SSSR count). The highest BCUT2D eigenvalue weighted by atomic mass is 79.9. The van der Waals surface area contributed by atoms with Crippen LogP contribution in [0.4, 0.5) is 4.79 Å². The molecule has 0 saturated carbocycles. The molecular formula is C19H17BrCl2N2O3. The summed E-state index contributed by atoms with van der Waals surface area (Å²) in [4.78, 5) is 25.4. The number of halogens is 3. The van der Waals surface area contributed by atoms with Gasteiger partial charge < -0.3 is 15.3 Å². The zero-order chi connectivity index (χ0) is 19.6. The predicted molar refractivity (Wildman–Crippen MR) is 109 cm³/mol. The van der Waals surface area contributed by atoms with Crippen LogP contribution in [0.15, 0.2) is 46.9 Å². The Hall–Kier alpha value is -1.76. The molecule has 1 aliphatic rings. The van der Waals surface area contributed by atoms with Crippen LogP contribution >= 0.6 is 39.1 Å². The smallest absolute Gasteiger partial charge is 0.407 e. The van der Waals surface area contributed by atoms with Crippen molar-refractivity contribution in [2.45, 2.75) is 18.4 Å². The van der Waals surface area contributed by atoms with Gasteiger partial charge in [-0.05, 0) is 48.4 Å². The molecule has 2 unspecified atom stereocenters. The number of benzene rings is 2. The lowest BCUT2D eigenvalue weighted by Gasteiger charge is -2.38. The number of piperidine rings is 1. The third-order valence-electron chi connectivity index (χ3n) is 4.68. The summed E-state index contributed by atoms with van der Waals surface area (Å²) < 4.78 is 0.891. The van der Waals surface area contributed by atoms with Crippen LogP contribution in [0, 0.1) is 0 Å². The van der Waals surface area contributed by atoms with E-state index in [-0.39, 0.29) is 24.4 Å². The Morgan fingerprint density at radius 3 is 2.44 bits per heavy atom. The number of carbonyl (C=O) groups excluding carboxylic acids is 1. The molecule has 2 atom stereocenters. The van der Waals surface area contributed by atoms with Crippen LogP contribution < -0.4 is 5.32 Å². The largest absolute Gasteiger partial charge is 0.465 e. The molecule has 0 bridgehead atoms. The number of carbonyl (C=O) groups is 2. The minimum atomic E-state index is -0.974. The molecule has 27 heavy (non-hydrogen) atoms. The van der Waals surface area contributed by atoms with Gasteiger partial charge in [0.25, 0.3) is 5.91 Å². The highest BCUT2D eigenvalue weighted by molar-refractivity contribution is 9.10. The molecule has 2 N–H and O–H groups in total. The van der Waals surface area contributed by atoms with Gasteiger partial charge in [-0.25, -0.2) is 4.79 Å². The van der Waals surface area contributed by atoms with Crippen molar-refractivity contribution in [1.29, 1.82) is 0 Å². The molecule has 1 fully saturated rings. The molecule has 0 aliphatic carbocycles. The summed E-state index contributed by atoms with van der Waals surface area (Å²) in [5.41, 5.74) is 1.39. The molecule has 1 aliphatic heterocycles. The first-order chi connectivity index (χ1) is 12.8. The molecule has 1 heterocycles. The third-order valence-corrected chi connectivity index (χ3v) is 5.95. The van der Waals surface area contributed by atoms with Gasteiger partial charge in [0.1, 0.15) is 0 Å². The van der Waals surface area contributed by atoms with Crippen LogP contribution in [0.2, 0.25) is 10.0 Å². The van der Waals surface area contributed by atoms with Gasteiger partial charge in [0.15, 0.2) is 0 Å². The van der Waals surface area contributed by atoms with E-state index >= 15 is 0 Å². The molecule has 0 radical (unpaired) electrons. The van der Waals surface area contributed by atoms with Crippen LogP contribution in [-0.4, -0.2) is 41.1 Å². The Bertz CT molecular complexity index is 861. The number of likely N-dealkylation sites (tertiary alicyclic amines) is 1. The minimum Gasteiger partial charge on any atom is -0.465 e. The second kappa shape index (κ2) is 8.50. The first-order valence-electron chi connectivity index (χ1n) is 8.34. The Labute approximate surface area is 175 Å². The number of hydrogen-bond donors (Lipinski definition) is 2. The number of nitrogens with one attached hydrogen (secondary N) is 1. The third kappa shape index (κ3) is 4.75. The topological polar surface area (TPSA) is 69.6 Å². The molecule has 0 aromatic heterocycles. The average Bonchev–Trinajstić information content (AvgIpc) is 2.64. The van der Waals surface area contributed by atoms with Crippen molar-refractivity contribution in [3.63, 3.8) is 0 Å². The number of carboxylic acid groups (broad SMARTS) is 1. The van der Waals surface area contributed by atoms with Crippen molar-refractivity contribution in [2.75, 3.05) is 13.1 Å². The van der Waals surface area contributed by atoms with E-state index in [9.17, 15) is 14.7 Å². The molecule has 2 amide bonds. The molecule has 2 aromatic carbocycles. The van der Waals surface area contributed by atoms with Crippen molar-refractivity contribution in [3.8, 4) is 0 Å². The molecule has 0 spiro atoms. The van der Waals surface area contributed by atoms with E-state index in [4.69, 9.17) is 23.2 Å². The summed E-state index contributed by atoms with van der Waals surface area (Å²) in [6.07, 6.45) is -0.461. The van der Waals surface area contributed by atoms with Crippen molar-refractivity contribution < 1.29 is 14.7 Å². The molecule has 2 aromatic rings. The average molecular weight is 472 g/mol. The summed E-state index contributed by atoms with van der Waals surface area (Å²) >= 11 is 15.5. The maximum Gasteiger partial charge on any atom is 0.407 e. The van der Waals surface area contributed by atoms with Gasteiger partial charge in [-0.2, -0.15) is 0 Å². The lowest BCUT2D eigenvalue weighted by atomic mass is 9.86. The van der Waals surface area contributed by atoms with Gasteiger partial charge >= 0.3 is 6.09 Å². The summed E-state index contributed by atoms with van der Waals surface area (Å²) in [5, 5.41) is 13.2. The molecule has 142 valence electrons. The lowest BCUT2D eigenvalue weighted by molar-refractivity contribution is 0.0888. The Morgan fingerprint density at radius 1 is 1.11 bits per heavy atom. The van der Waals surface area contributed by atoms with Crippen LogP contribution in [0.1, 0.15) is 28.3 Å². The summed E-state index contributed by atoms with van der Waals surface area (Å²) in [6.45, 7) is 0.636. The summed E-state index contributed by atoms with van der Waals surface area (Å²) in [7, 11) is 0. The Kier molecular flexibility index (Phi) is 6.29. The number of nitrogens with zero attached hydrogens (tertiary/aromatic N) is 1. The van der Waals surface area contributed by atoms with E-state index in [2.05, 4.69) is 21.2 Å². The van der Waals surface area contributed by atoms with Crippen LogP contribution in [0.3, 0.4) is 0 Å². The minimum absolute atomic E-state index is 0.193. The zero-order valence-electron chi connectivity index (χ0n) is 14.2. The lowest BCUT2D eigenvalue weighted by Crippen LogP contribution is -2.51. The van der Waals surface area contributed by atoms with Gasteiger partial charge in [-0.1, -0.05) is 45.2 Å². The van der Waals surface area contributed by atoms with Crippen molar-refractivity contribution in [2.24, 2.45) is 0 Å². The van der Waals surface area contributed by atoms with Crippen LogP contribution in [0.25, 0.3) is 0 Å². The highest BCUT2D eigenvalue weighted by Gasteiger charge is 2.33. The first-order valence-corrected chi connectivity index (χ1v) is 9.89. The van der Waals surface area contributed by atoms with Gasteiger partial charge in [0.2, 0.25) is 0 Å². The molecular weight excluding hydrogens is 455 g/mol. The van der Waals surface area contributed by atoms with E-state index < -0.39 is 6.09 Å². The van der Waals surface area contributed by atoms with E-state index in [1.165, 1.54) is 4.90 Å². The van der Waals surface area contributed by atoms with E-state index in [0.717, 1.165) is 10.0 Å². The molecule has 5 nitrogen and oxygen atoms in total. The first kappa shape index (κ1) is 20.0. The van der Waals surface area contributed by atoms with Gasteiger partial charge in [-0.15, -0.1) is 0 Å². The molecule has 1 saturated heterocycles. The Balaban J connectivity index is 1.84. The Morgan fingerprint density at radius 2 is 1.81 bits per heavy atom. The van der Waals surface area contributed by atoms with Crippen molar-refractivity contribution >= 4 is 51.1 Å². The SMILES string of the molecule is O=C(NC1CCN(C(=O)O)CC1c1ccc(Cl)c(Cl)c1)c1ccc(Br)cc1. The fraction of sp³-hybridized carbons (Fsp3) is 0.263. The normalized spacial score (nSPS) is 19.6. The van der Waals surface area contributed by atoms with Gasteiger partial charge in [0, 0.05) is 35.1 Å². The summed E-state index contributed by atoms with van der Waals surface area (Å²) in [6, 6.07) is 12.1. The van der Waals surface area contributed by atoms with Crippen molar-refractivity contribution in [1.82, 2.24) is 10.2 Å². The number of amides is 2. The van der Waals surface area contributed by atoms with E-state index in [1.54, 1.807) is 36.4 Å². The monoisotopic (exact) mass is 470 g/mol. The number of rotatable bonds is 3. The van der Waals surface area contributed by atoms with E-state index in [1.807, 2.05) is 6.07 Å². The fourth-order valence-corrected chi connectivity index (χ4v) is 3.80. The standard InChI is InChI=1S/C19H17BrCl2N2O3/c20-13-4-1-11(2-5-13)18(25)23-17-7-8-24(19(26)27)10-14(17)12-3-6-15(21)16(22)9-12/h1-6,9,14,17H,7-8,10H2,(H,23,25)(H,26,27). The predicted octanol–water partition coefficient (Wildman–Crippen LogP) is 5.02. The maximum atomic E-state index is 12.6. The van der Waals surface area contributed by atoms with Gasteiger partial charge in [-0.3, -0.25) is 4.79 Å². The maximum absolute atomic E-state index is 12.6. The highest BCUT2D eigenvalue weighted by Crippen LogP contribution is 2.32. The van der Waals surface area contributed by atoms with Crippen molar-refractivity contribution in [3.05, 3.63) is 68.1 Å².